The zero-order valence-corrected chi connectivity index (χ0v) is 13.8. The third kappa shape index (κ3) is 4.87. The van der Waals surface area contributed by atoms with Crippen LogP contribution in [0.4, 0.5) is 4.79 Å². The Hall–Kier alpha value is -2.24. The van der Waals surface area contributed by atoms with Crippen LogP contribution < -0.4 is 4.74 Å². The van der Waals surface area contributed by atoms with E-state index in [4.69, 9.17) is 9.47 Å². The Balaban J connectivity index is 1.84. The van der Waals surface area contributed by atoms with Crippen LogP contribution in [0.2, 0.25) is 0 Å². The molecular formula is C17H24N2O4. The fraction of sp³-hybridized carbons (Fsp3) is 0.529. The summed E-state index contributed by atoms with van der Waals surface area (Å²) in [6.07, 6.45) is 1.61. The molecule has 0 N–H and O–H groups in total. The van der Waals surface area contributed by atoms with Gasteiger partial charge in [-0.05, 0) is 30.5 Å². The van der Waals surface area contributed by atoms with Gasteiger partial charge in [-0.1, -0.05) is 12.1 Å². The zero-order chi connectivity index (χ0) is 16.7. The molecular weight excluding hydrogens is 296 g/mol. The summed E-state index contributed by atoms with van der Waals surface area (Å²) in [5, 5.41) is 0. The minimum absolute atomic E-state index is 0.125. The maximum Gasteiger partial charge on any atom is 0.409 e. The van der Waals surface area contributed by atoms with Crippen LogP contribution in [0.3, 0.4) is 0 Å². The Morgan fingerprint density at radius 3 is 2.57 bits per heavy atom. The summed E-state index contributed by atoms with van der Waals surface area (Å²) in [5.74, 6) is 0.929. The lowest BCUT2D eigenvalue weighted by atomic mass is 10.1. The van der Waals surface area contributed by atoms with E-state index < -0.39 is 0 Å². The average Bonchev–Trinajstić information content (AvgIpc) is 2.85. The first-order chi connectivity index (χ1) is 11.1. The summed E-state index contributed by atoms with van der Waals surface area (Å²) in [6, 6.07) is 7.77. The van der Waals surface area contributed by atoms with Crippen LogP contribution in [0, 0.1) is 0 Å². The van der Waals surface area contributed by atoms with E-state index in [1.54, 1.807) is 12.0 Å². The van der Waals surface area contributed by atoms with Gasteiger partial charge in [-0.2, -0.15) is 0 Å². The van der Waals surface area contributed by atoms with E-state index in [0.29, 0.717) is 39.0 Å². The molecule has 6 nitrogen and oxygen atoms in total. The number of amides is 2. The Morgan fingerprint density at radius 2 is 1.83 bits per heavy atom. The lowest BCUT2D eigenvalue weighted by Crippen LogP contribution is -2.37. The first-order valence-corrected chi connectivity index (χ1v) is 7.87. The highest BCUT2D eigenvalue weighted by Crippen LogP contribution is 2.15. The van der Waals surface area contributed by atoms with Crippen molar-refractivity contribution in [2.75, 3.05) is 40.4 Å². The van der Waals surface area contributed by atoms with Crippen molar-refractivity contribution in [1.29, 1.82) is 0 Å². The second kappa shape index (κ2) is 8.41. The zero-order valence-electron chi connectivity index (χ0n) is 13.8. The van der Waals surface area contributed by atoms with E-state index >= 15 is 0 Å². The summed E-state index contributed by atoms with van der Waals surface area (Å²) < 4.78 is 9.93. The summed E-state index contributed by atoms with van der Waals surface area (Å²) in [7, 11) is 3.01. The Morgan fingerprint density at radius 1 is 1.09 bits per heavy atom. The van der Waals surface area contributed by atoms with Crippen molar-refractivity contribution >= 4 is 12.0 Å². The number of rotatable bonds is 4. The molecule has 0 bridgehead atoms. The number of hydrogen-bond acceptors (Lipinski definition) is 4. The first-order valence-electron chi connectivity index (χ1n) is 7.87. The van der Waals surface area contributed by atoms with E-state index in [1.807, 2.05) is 29.2 Å². The number of benzene rings is 1. The van der Waals surface area contributed by atoms with E-state index in [0.717, 1.165) is 17.7 Å². The number of carbonyl (C=O) groups excluding carboxylic acids is 2. The topological polar surface area (TPSA) is 59.1 Å². The van der Waals surface area contributed by atoms with E-state index in [9.17, 15) is 9.59 Å². The highest BCUT2D eigenvalue weighted by molar-refractivity contribution is 5.76. The Labute approximate surface area is 137 Å². The third-order valence-electron chi connectivity index (χ3n) is 4.04. The van der Waals surface area contributed by atoms with Gasteiger partial charge in [0.15, 0.2) is 0 Å². The highest BCUT2D eigenvalue weighted by atomic mass is 16.5. The van der Waals surface area contributed by atoms with Crippen LogP contribution in [0.25, 0.3) is 0 Å². The fourth-order valence-corrected chi connectivity index (χ4v) is 2.72. The molecule has 2 rings (SSSR count). The van der Waals surface area contributed by atoms with Crippen molar-refractivity contribution in [3.8, 4) is 5.75 Å². The summed E-state index contributed by atoms with van der Waals surface area (Å²) in [4.78, 5) is 27.4. The van der Waals surface area contributed by atoms with Crippen LogP contribution in [0.5, 0.6) is 5.75 Å². The lowest BCUT2D eigenvalue weighted by Gasteiger charge is -2.21. The second-order valence-corrected chi connectivity index (χ2v) is 5.54. The van der Waals surface area contributed by atoms with Crippen LogP contribution in [0.1, 0.15) is 18.4 Å². The fourth-order valence-electron chi connectivity index (χ4n) is 2.72. The monoisotopic (exact) mass is 320 g/mol. The van der Waals surface area contributed by atoms with E-state index in [1.165, 1.54) is 7.11 Å². The van der Waals surface area contributed by atoms with Crippen molar-refractivity contribution in [3.05, 3.63) is 29.8 Å². The van der Waals surface area contributed by atoms with Gasteiger partial charge in [0.25, 0.3) is 0 Å². The lowest BCUT2D eigenvalue weighted by molar-refractivity contribution is -0.131. The van der Waals surface area contributed by atoms with Crippen LogP contribution in [-0.2, 0) is 16.0 Å². The largest absolute Gasteiger partial charge is 0.497 e. The molecule has 1 saturated heterocycles. The molecule has 0 radical (unpaired) electrons. The number of carbonyl (C=O) groups is 2. The predicted octanol–water partition coefficient (Wildman–Crippen LogP) is 1.93. The average molecular weight is 320 g/mol. The molecule has 0 spiro atoms. The standard InChI is InChI=1S/C17H24N2O4/c1-22-15-6-3-5-14(13-15)7-8-16(20)18-9-4-10-19(12-11-18)17(21)23-2/h3,5-6,13H,4,7-12H2,1-2H3. The molecule has 1 aromatic carbocycles. The van der Waals surface area contributed by atoms with E-state index in [-0.39, 0.29) is 12.0 Å². The molecule has 1 aromatic rings. The van der Waals surface area contributed by atoms with Gasteiger partial charge in [-0.3, -0.25) is 4.79 Å². The van der Waals surface area contributed by atoms with Gasteiger partial charge in [0.05, 0.1) is 14.2 Å². The number of aryl methyl sites for hydroxylation is 1. The number of methoxy groups -OCH3 is 2. The maximum absolute atomic E-state index is 12.4. The third-order valence-corrected chi connectivity index (χ3v) is 4.04. The van der Waals surface area contributed by atoms with Gasteiger partial charge in [-0.25, -0.2) is 4.79 Å². The molecule has 1 heterocycles. The molecule has 0 aromatic heterocycles. The summed E-state index contributed by atoms with van der Waals surface area (Å²) in [5.41, 5.74) is 1.09. The van der Waals surface area contributed by atoms with Crippen molar-refractivity contribution in [1.82, 2.24) is 9.80 Å². The van der Waals surface area contributed by atoms with Gasteiger partial charge in [-0.15, -0.1) is 0 Å². The Kier molecular flexibility index (Phi) is 6.26. The van der Waals surface area contributed by atoms with Crippen molar-refractivity contribution in [3.63, 3.8) is 0 Å². The quantitative estimate of drug-likeness (QED) is 0.850. The van der Waals surface area contributed by atoms with Gasteiger partial charge in [0, 0.05) is 32.6 Å². The molecule has 126 valence electrons. The first kappa shape index (κ1) is 17.1. The molecule has 1 aliphatic heterocycles. The maximum atomic E-state index is 12.4. The smallest absolute Gasteiger partial charge is 0.409 e. The van der Waals surface area contributed by atoms with Crippen LogP contribution in [0.15, 0.2) is 24.3 Å². The molecule has 6 heteroatoms. The van der Waals surface area contributed by atoms with Crippen LogP contribution in [-0.4, -0.2) is 62.2 Å². The van der Waals surface area contributed by atoms with Crippen molar-refractivity contribution in [2.45, 2.75) is 19.3 Å². The molecule has 0 atom stereocenters. The molecule has 0 saturated carbocycles. The number of nitrogens with zero attached hydrogens (tertiary/aromatic N) is 2. The molecule has 1 aliphatic rings. The number of ether oxygens (including phenoxy) is 2. The summed E-state index contributed by atoms with van der Waals surface area (Å²) in [6.45, 7) is 2.40. The summed E-state index contributed by atoms with van der Waals surface area (Å²) >= 11 is 0. The SMILES string of the molecule is COC(=O)N1CCCN(C(=O)CCc2cccc(OC)c2)CC1. The highest BCUT2D eigenvalue weighted by Gasteiger charge is 2.22. The molecule has 0 unspecified atom stereocenters. The number of hydrogen-bond donors (Lipinski definition) is 0. The van der Waals surface area contributed by atoms with Crippen molar-refractivity contribution < 1.29 is 19.1 Å². The van der Waals surface area contributed by atoms with E-state index in [2.05, 4.69) is 0 Å². The predicted molar refractivity (Wildman–Crippen MR) is 86.5 cm³/mol. The normalized spacial score (nSPS) is 15.0. The van der Waals surface area contributed by atoms with Crippen LogP contribution >= 0.6 is 0 Å². The molecule has 0 aliphatic carbocycles. The van der Waals surface area contributed by atoms with Crippen molar-refractivity contribution in [2.24, 2.45) is 0 Å². The second-order valence-electron chi connectivity index (χ2n) is 5.54. The van der Waals surface area contributed by atoms with Gasteiger partial charge in [0.2, 0.25) is 5.91 Å². The Bertz CT molecular complexity index is 547. The minimum Gasteiger partial charge on any atom is -0.497 e. The molecule has 2 amide bonds. The van der Waals surface area contributed by atoms with Gasteiger partial charge < -0.3 is 19.3 Å². The molecule has 1 fully saturated rings. The minimum atomic E-state index is -0.323. The van der Waals surface area contributed by atoms with Gasteiger partial charge >= 0.3 is 6.09 Å². The van der Waals surface area contributed by atoms with Gasteiger partial charge in [0.1, 0.15) is 5.75 Å². The molecule has 23 heavy (non-hydrogen) atoms.